The quantitative estimate of drug-likeness (QED) is 0.202. The molecule has 180 valence electrons. The SMILES string of the molecule is O=C(N/N=C/c1c2ccccc2cc2ccccc12)C(=O)Nc1ccccc1C(=O)N1CCOCC1. The van der Waals surface area contributed by atoms with Gasteiger partial charge in [-0.1, -0.05) is 60.7 Å². The van der Waals surface area contributed by atoms with E-state index in [1.54, 1.807) is 35.4 Å². The first-order valence-corrected chi connectivity index (χ1v) is 11.6. The molecule has 0 atom stereocenters. The first-order chi connectivity index (χ1) is 17.6. The second-order valence-electron chi connectivity index (χ2n) is 8.34. The fourth-order valence-electron chi connectivity index (χ4n) is 4.29. The number of nitrogens with one attached hydrogen (secondary N) is 2. The Morgan fingerprint density at radius 2 is 1.42 bits per heavy atom. The molecule has 5 rings (SSSR count). The van der Waals surface area contributed by atoms with Gasteiger partial charge in [0, 0.05) is 18.7 Å². The molecular formula is C28H24N4O4. The lowest BCUT2D eigenvalue weighted by Crippen LogP contribution is -2.41. The van der Waals surface area contributed by atoms with Crippen LogP contribution in [0.3, 0.4) is 0 Å². The summed E-state index contributed by atoms with van der Waals surface area (Å²) in [5.41, 5.74) is 3.71. The van der Waals surface area contributed by atoms with E-state index in [0.29, 0.717) is 31.9 Å². The number of morpholine rings is 1. The van der Waals surface area contributed by atoms with Crippen molar-refractivity contribution in [3.8, 4) is 0 Å². The summed E-state index contributed by atoms with van der Waals surface area (Å²) in [5, 5.41) is 10.6. The summed E-state index contributed by atoms with van der Waals surface area (Å²) in [6.45, 7) is 1.87. The van der Waals surface area contributed by atoms with E-state index in [1.807, 2.05) is 48.5 Å². The number of carbonyl (C=O) groups excluding carboxylic acids is 3. The lowest BCUT2D eigenvalue weighted by molar-refractivity contribution is -0.136. The van der Waals surface area contributed by atoms with Gasteiger partial charge in [-0.15, -0.1) is 0 Å². The van der Waals surface area contributed by atoms with Gasteiger partial charge in [0.25, 0.3) is 5.91 Å². The summed E-state index contributed by atoms with van der Waals surface area (Å²) in [4.78, 5) is 39.7. The number of rotatable bonds is 4. The highest BCUT2D eigenvalue weighted by molar-refractivity contribution is 6.40. The maximum absolute atomic E-state index is 12.9. The Morgan fingerprint density at radius 1 is 0.806 bits per heavy atom. The lowest BCUT2D eigenvalue weighted by atomic mass is 9.97. The Bertz CT molecular complexity index is 1440. The number of anilines is 1. The molecule has 0 bridgehead atoms. The molecule has 8 heteroatoms. The van der Waals surface area contributed by atoms with Crippen LogP contribution in [0.15, 0.2) is 84.0 Å². The molecule has 1 saturated heterocycles. The molecule has 1 aliphatic rings. The predicted molar refractivity (Wildman–Crippen MR) is 139 cm³/mol. The molecule has 1 heterocycles. The van der Waals surface area contributed by atoms with Crippen LogP contribution >= 0.6 is 0 Å². The summed E-state index contributed by atoms with van der Waals surface area (Å²) in [6.07, 6.45) is 1.55. The molecule has 0 radical (unpaired) electrons. The highest BCUT2D eigenvalue weighted by Crippen LogP contribution is 2.27. The third kappa shape index (κ3) is 4.80. The third-order valence-corrected chi connectivity index (χ3v) is 6.08. The molecule has 4 aromatic carbocycles. The molecule has 0 unspecified atom stereocenters. The Hall–Kier alpha value is -4.56. The van der Waals surface area contributed by atoms with E-state index in [1.165, 1.54) is 0 Å². The Balaban J connectivity index is 1.32. The van der Waals surface area contributed by atoms with Gasteiger partial charge in [0.2, 0.25) is 0 Å². The summed E-state index contributed by atoms with van der Waals surface area (Å²) in [5.74, 6) is -2.09. The van der Waals surface area contributed by atoms with Gasteiger partial charge >= 0.3 is 11.8 Å². The number of para-hydroxylation sites is 1. The standard InChI is InChI=1S/C28H24N4O4/c33-26(30-25-12-6-5-11-23(25)28(35)32-13-15-36-16-14-32)27(34)31-29-18-24-21-9-3-1-7-19(21)17-20-8-2-4-10-22(20)24/h1-12,17-18H,13-16H2,(H,30,33)(H,31,34)/b29-18+. The van der Waals surface area contributed by atoms with Crippen LogP contribution < -0.4 is 10.7 Å². The topological polar surface area (TPSA) is 100 Å². The Labute approximate surface area is 207 Å². The molecule has 1 aliphatic heterocycles. The molecule has 0 saturated carbocycles. The first-order valence-electron chi connectivity index (χ1n) is 11.6. The van der Waals surface area contributed by atoms with E-state index in [0.717, 1.165) is 27.1 Å². The average Bonchev–Trinajstić information content (AvgIpc) is 2.93. The van der Waals surface area contributed by atoms with Crippen LogP contribution in [0.1, 0.15) is 15.9 Å². The molecule has 4 aromatic rings. The number of fused-ring (bicyclic) bond motifs is 2. The molecule has 2 N–H and O–H groups in total. The maximum atomic E-state index is 12.9. The van der Waals surface area contributed by atoms with Gasteiger partial charge in [0.05, 0.1) is 30.7 Å². The lowest BCUT2D eigenvalue weighted by Gasteiger charge is -2.27. The number of nitrogens with zero attached hydrogens (tertiary/aromatic N) is 2. The van der Waals surface area contributed by atoms with E-state index in [4.69, 9.17) is 4.74 Å². The van der Waals surface area contributed by atoms with Crippen LogP contribution in [0.5, 0.6) is 0 Å². The molecule has 0 spiro atoms. The van der Waals surface area contributed by atoms with E-state index >= 15 is 0 Å². The molecule has 1 fully saturated rings. The van der Waals surface area contributed by atoms with Crippen LogP contribution in [-0.4, -0.2) is 55.1 Å². The largest absolute Gasteiger partial charge is 0.378 e. The highest BCUT2D eigenvalue weighted by atomic mass is 16.5. The van der Waals surface area contributed by atoms with Gasteiger partial charge in [-0.05, 0) is 39.7 Å². The van der Waals surface area contributed by atoms with Crippen molar-refractivity contribution in [3.63, 3.8) is 0 Å². The summed E-state index contributed by atoms with van der Waals surface area (Å²) >= 11 is 0. The van der Waals surface area contributed by atoms with Gasteiger partial charge in [-0.2, -0.15) is 5.10 Å². The van der Waals surface area contributed by atoms with Crippen molar-refractivity contribution >= 4 is 51.2 Å². The number of benzene rings is 4. The Kier molecular flexibility index (Phi) is 6.68. The monoisotopic (exact) mass is 480 g/mol. The molecular weight excluding hydrogens is 456 g/mol. The minimum atomic E-state index is -0.940. The second kappa shape index (κ2) is 10.4. The van der Waals surface area contributed by atoms with E-state index in [-0.39, 0.29) is 11.6 Å². The van der Waals surface area contributed by atoms with Crippen molar-refractivity contribution in [1.29, 1.82) is 0 Å². The summed E-state index contributed by atoms with van der Waals surface area (Å²) in [6, 6.07) is 24.5. The summed E-state index contributed by atoms with van der Waals surface area (Å²) in [7, 11) is 0. The van der Waals surface area contributed by atoms with Crippen LogP contribution in [0.25, 0.3) is 21.5 Å². The number of hydrazone groups is 1. The zero-order valence-corrected chi connectivity index (χ0v) is 19.4. The van der Waals surface area contributed by atoms with Crippen molar-refractivity contribution in [3.05, 3.63) is 90.0 Å². The van der Waals surface area contributed by atoms with Gasteiger partial charge in [-0.3, -0.25) is 14.4 Å². The van der Waals surface area contributed by atoms with Crippen LogP contribution in [0.4, 0.5) is 5.69 Å². The van der Waals surface area contributed by atoms with Gasteiger partial charge in [0.1, 0.15) is 0 Å². The molecule has 8 nitrogen and oxygen atoms in total. The third-order valence-electron chi connectivity index (χ3n) is 6.08. The fraction of sp³-hybridized carbons (Fsp3) is 0.143. The van der Waals surface area contributed by atoms with Gasteiger partial charge in [-0.25, -0.2) is 5.43 Å². The predicted octanol–water partition coefficient (Wildman–Crippen LogP) is 3.55. The maximum Gasteiger partial charge on any atom is 0.329 e. The van der Waals surface area contributed by atoms with Crippen molar-refractivity contribution in [2.45, 2.75) is 0 Å². The number of ether oxygens (including phenoxy) is 1. The number of carbonyl (C=O) groups is 3. The van der Waals surface area contributed by atoms with Crippen LogP contribution in [-0.2, 0) is 14.3 Å². The Morgan fingerprint density at radius 3 is 2.11 bits per heavy atom. The van der Waals surface area contributed by atoms with Gasteiger partial charge < -0.3 is 15.0 Å². The second-order valence-corrected chi connectivity index (χ2v) is 8.34. The number of amides is 3. The first kappa shape index (κ1) is 23.2. The van der Waals surface area contributed by atoms with E-state index in [2.05, 4.69) is 21.9 Å². The zero-order chi connectivity index (χ0) is 24.9. The minimum Gasteiger partial charge on any atom is -0.378 e. The molecule has 0 aliphatic carbocycles. The zero-order valence-electron chi connectivity index (χ0n) is 19.4. The van der Waals surface area contributed by atoms with E-state index < -0.39 is 11.8 Å². The van der Waals surface area contributed by atoms with E-state index in [9.17, 15) is 14.4 Å². The van der Waals surface area contributed by atoms with Crippen molar-refractivity contribution in [2.24, 2.45) is 5.10 Å². The highest BCUT2D eigenvalue weighted by Gasteiger charge is 2.23. The smallest absolute Gasteiger partial charge is 0.329 e. The summed E-state index contributed by atoms with van der Waals surface area (Å²) < 4.78 is 5.30. The minimum absolute atomic E-state index is 0.226. The molecule has 36 heavy (non-hydrogen) atoms. The molecule has 3 amide bonds. The van der Waals surface area contributed by atoms with Crippen molar-refractivity contribution in [1.82, 2.24) is 10.3 Å². The van der Waals surface area contributed by atoms with Crippen molar-refractivity contribution in [2.75, 3.05) is 31.6 Å². The van der Waals surface area contributed by atoms with Gasteiger partial charge in [0.15, 0.2) is 0 Å². The van der Waals surface area contributed by atoms with Crippen LogP contribution in [0.2, 0.25) is 0 Å². The average molecular weight is 481 g/mol. The number of hydrogen-bond donors (Lipinski definition) is 2. The molecule has 0 aromatic heterocycles. The van der Waals surface area contributed by atoms with Crippen LogP contribution in [0, 0.1) is 0 Å². The normalized spacial score (nSPS) is 13.7. The van der Waals surface area contributed by atoms with Crippen molar-refractivity contribution < 1.29 is 19.1 Å². The number of hydrogen-bond acceptors (Lipinski definition) is 5. The fourth-order valence-corrected chi connectivity index (χ4v) is 4.29.